The number of nitrogens with zero attached hydrogens (tertiary/aromatic N) is 2. The minimum absolute atomic E-state index is 0.170. The van der Waals surface area contributed by atoms with Crippen molar-refractivity contribution in [3.05, 3.63) is 51.8 Å². The van der Waals surface area contributed by atoms with Crippen LogP contribution in [0.15, 0.2) is 34.9 Å². The summed E-state index contributed by atoms with van der Waals surface area (Å²) in [5.74, 6) is 0. The highest BCUT2D eigenvalue weighted by atomic mass is 79.9. The van der Waals surface area contributed by atoms with E-state index in [0.29, 0.717) is 0 Å². The van der Waals surface area contributed by atoms with Crippen molar-refractivity contribution in [3.63, 3.8) is 0 Å². The molecule has 1 aromatic heterocycles. The Hall–Kier alpha value is -1.13. The molecule has 0 bridgehead atoms. The minimum atomic E-state index is 0.170. The molecule has 2 aromatic rings. The van der Waals surface area contributed by atoms with Crippen LogP contribution >= 0.6 is 15.9 Å². The van der Waals surface area contributed by atoms with Crippen molar-refractivity contribution in [2.24, 2.45) is 0 Å². The van der Waals surface area contributed by atoms with Crippen LogP contribution in [0, 0.1) is 6.92 Å². The number of aromatic nitrogens is 2. The zero-order valence-corrected chi connectivity index (χ0v) is 13.9. The first-order chi connectivity index (χ1) is 9.67. The molecule has 4 heteroatoms. The molecule has 0 spiro atoms. The van der Waals surface area contributed by atoms with E-state index in [1.807, 2.05) is 6.20 Å². The molecule has 0 aliphatic heterocycles. The summed E-state index contributed by atoms with van der Waals surface area (Å²) in [6.07, 6.45) is 2.97. The van der Waals surface area contributed by atoms with Crippen LogP contribution in [0.5, 0.6) is 0 Å². The summed E-state index contributed by atoms with van der Waals surface area (Å²) in [6.45, 7) is 8.29. The number of rotatable bonds is 6. The van der Waals surface area contributed by atoms with Crippen molar-refractivity contribution in [2.45, 2.75) is 39.8 Å². The molecule has 3 nitrogen and oxygen atoms in total. The molecule has 0 fully saturated rings. The third-order valence-electron chi connectivity index (χ3n) is 3.36. The second-order valence-electron chi connectivity index (χ2n) is 4.99. The third-order valence-corrected chi connectivity index (χ3v) is 4.04. The standard InChI is InChI=1S/C16H22BrN3/c1-4-10-20-15(8-9-19-20)16(18-5-2)13-7-6-12(3)11-14(13)17/h6-9,11,16,18H,4-5,10H2,1-3H3. The SMILES string of the molecule is CCCn1nccc1C(NCC)c1ccc(C)cc1Br. The van der Waals surface area contributed by atoms with Gasteiger partial charge in [0.25, 0.3) is 0 Å². The van der Waals surface area contributed by atoms with Crippen LogP contribution in [0.3, 0.4) is 0 Å². The molecule has 0 saturated heterocycles. The van der Waals surface area contributed by atoms with Crippen LogP contribution in [0.2, 0.25) is 0 Å². The largest absolute Gasteiger partial charge is 0.305 e. The lowest BCUT2D eigenvalue weighted by Crippen LogP contribution is -2.25. The van der Waals surface area contributed by atoms with Crippen molar-refractivity contribution in [1.82, 2.24) is 15.1 Å². The molecule has 0 aliphatic rings. The number of aryl methyl sites for hydroxylation is 2. The van der Waals surface area contributed by atoms with Gasteiger partial charge in [-0.25, -0.2) is 0 Å². The molecule has 1 atom stereocenters. The van der Waals surface area contributed by atoms with Gasteiger partial charge in [0.1, 0.15) is 0 Å². The van der Waals surface area contributed by atoms with E-state index in [0.717, 1.165) is 24.0 Å². The molecule has 20 heavy (non-hydrogen) atoms. The average Bonchev–Trinajstić information content (AvgIpc) is 2.85. The highest BCUT2D eigenvalue weighted by Gasteiger charge is 2.19. The van der Waals surface area contributed by atoms with Gasteiger partial charge >= 0.3 is 0 Å². The van der Waals surface area contributed by atoms with Crippen LogP contribution in [0.4, 0.5) is 0 Å². The number of hydrogen-bond donors (Lipinski definition) is 1. The van der Waals surface area contributed by atoms with Crippen molar-refractivity contribution in [3.8, 4) is 0 Å². The summed E-state index contributed by atoms with van der Waals surface area (Å²) in [5.41, 5.74) is 3.74. The predicted octanol–water partition coefficient (Wildman–Crippen LogP) is 4.06. The summed E-state index contributed by atoms with van der Waals surface area (Å²) in [7, 11) is 0. The van der Waals surface area contributed by atoms with Crippen molar-refractivity contribution in [1.29, 1.82) is 0 Å². The topological polar surface area (TPSA) is 29.9 Å². The Morgan fingerprint density at radius 1 is 1.30 bits per heavy atom. The zero-order valence-electron chi connectivity index (χ0n) is 12.4. The van der Waals surface area contributed by atoms with Crippen LogP contribution in [-0.4, -0.2) is 16.3 Å². The van der Waals surface area contributed by atoms with E-state index in [2.05, 4.69) is 76.1 Å². The van der Waals surface area contributed by atoms with Crippen molar-refractivity contribution < 1.29 is 0 Å². The van der Waals surface area contributed by atoms with Gasteiger partial charge in [0, 0.05) is 17.2 Å². The monoisotopic (exact) mass is 335 g/mol. The first kappa shape index (κ1) is 15.3. The lowest BCUT2D eigenvalue weighted by molar-refractivity contribution is 0.519. The molecule has 2 rings (SSSR count). The molecule has 0 aliphatic carbocycles. The van der Waals surface area contributed by atoms with Crippen LogP contribution in [0.1, 0.15) is 43.1 Å². The molecular formula is C16H22BrN3. The molecule has 1 aromatic carbocycles. The molecule has 0 amide bonds. The molecule has 108 valence electrons. The average molecular weight is 336 g/mol. The van der Waals surface area contributed by atoms with E-state index >= 15 is 0 Å². The van der Waals surface area contributed by atoms with Gasteiger partial charge in [0.05, 0.1) is 11.7 Å². The fraction of sp³-hybridized carbons (Fsp3) is 0.438. The van der Waals surface area contributed by atoms with Gasteiger partial charge < -0.3 is 5.32 Å². The maximum Gasteiger partial charge on any atom is 0.0759 e. The first-order valence-corrected chi connectivity index (χ1v) is 7.97. The summed E-state index contributed by atoms with van der Waals surface area (Å²) in [5, 5.41) is 8.01. The smallest absolute Gasteiger partial charge is 0.0759 e. The van der Waals surface area contributed by atoms with E-state index in [4.69, 9.17) is 0 Å². The first-order valence-electron chi connectivity index (χ1n) is 7.18. The maximum absolute atomic E-state index is 4.44. The second kappa shape index (κ2) is 7.04. The predicted molar refractivity (Wildman–Crippen MR) is 86.9 cm³/mol. The quantitative estimate of drug-likeness (QED) is 0.862. The molecular weight excluding hydrogens is 314 g/mol. The van der Waals surface area contributed by atoms with E-state index in [1.165, 1.54) is 16.8 Å². The number of benzene rings is 1. The molecule has 0 radical (unpaired) electrons. The molecule has 1 unspecified atom stereocenters. The third kappa shape index (κ3) is 3.30. The van der Waals surface area contributed by atoms with E-state index < -0.39 is 0 Å². The minimum Gasteiger partial charge on any atom is -0.305 e. The number of halogens is 1. The molecule has 1 N–H and O–H groups in total. The van der Waals surface area contributed by atoms with Gasteiger partial charge in [-0.15, -0.1) is 0 Å². The Labute approximate surface area is 129 Å². The highest BCUT2D eigenvalue weighted by Crippen LogP contribution is 2.29. The van der Waals surface area contributed by atoms with E-state index in [1.54, 1.807) is 0 Å². The Morgan fingerprint density at radius 2 is 2.10 bits per heavy atom. The van der Waals surface area contributed by atoms with Gasteiger partial charge in [-0.2, -0.15) is 5.10 Å². The lowest BCUT2D eigenvalue weighted by atomic mass is 10.0. The summed E-state index contributed by atoms with van der Waals surface area (Å²) in [6, 6.07) is 8.79. The lowest BCUT2D eigenvalue weighted by Gasteiger charge is -2.21. The zero-order chi connectivity index (χ0) is 14.5. The van der Waals surface area contributed by atoms with Gasteiger partial charge in [-0.3, -0.25) is 4.68 Å². The normalized spacial score (nSPS) is 12.6. The summed E-state index contributed by atoms with van der Waals surface area (Å²) in [4.78, 5) is 0. The van der Waals surface area contributed by atoms with Gasteiger partial charge in [-0.1, -0.05) is 41.9 Å². The van der Waals surface area contributed by atoms with Crippen LogP contribution in [0.25, 0.3) is 0 Å². The fourth-order valence-corrected chi connectivity index (χ4v) is 3.15. The summed E-state index contributed by atoms with van der Waals surface area (Å²) >= 11 is 3.70. The maximum atomic E-state index is 4.44. The van der Waals surface area contributed by atoms with Gasteiger partial charge in [0.15, 0.2) is 0 Å². The number of hydrogen-bond acceptors (Lipinski definition) is 2. The van der Waals surface area contributed by atoms with Crippen LogP contribution < -0.4 is 5.32 Å². The Kier molecular flexibility index (Phi) is 5.38. The Morgan fingerprint density at radius 3 is 2.75 bits per heavy atom. The fourth-order valence-electron chi connectivity index (χ4n) is 2.43. The van der Waals surface area contributed by atoms with Gasteiger partial charge in [-0.05, 0) is 43.1 Å². The molecule has 1 heterocycles. The van der Waals surface area contributed by atoms with Crippen molar-refractivity contribution >= 4 is 15.9 Å². The Balaban J connectivity index is 2.42. The van der Waals surface area contributed by atoms with E-state index in [9.17, 15) is 0 Å². The molecule has 0 saturated carbocycles. The number of nitrogens with one attached hydrogen (secondary N) is 1. The summed E-state index contributed by atoms with van der Waals surface area (Å²) < 4.78 is 3.24. The highest BCUT2D eigenvalue weighted by molar-refractivity contribution is 9.10. The second-order valence-corrected chi connectivity index (χ2v) is 5.85. The van der Waals surface area contributed by atoms with Gasteiger partial charge in [0.2, 0.25) is 0 Å². The Bertz CT molecular complexity index is 563. The van der Waals surface area contributed by atoms with E-state index in [-0.39, 0.29) is 6.04 Å². The van der Waals surface area contributed by atoms with Crippen LogP contribution in [-0.2, 0) is 6.54 Å². The van der Waals surface area contributed by atoms with Crippen molar-refractivity contribution in [2.75, 3.05) is 6.54 Å².